The first-order valence-electron chi connectivity index (χ1n) is 5.46. The molecule has 106 valence electrons. The van der Waals surface area contributed by atoms with E-state index in [9.17, 15) is 9.59 Å². The Morgan fingerprint density at radius 2 is 1.84 bits per heavy atom. The molecule has 3 N–H and O–H groups in total. The molecule has 7 heteroatoms. The largest absolute Gasteiger partial charge is 0.484 e. The summed E-state index contributed by atoms with van der Waals surface area (Å²) in [5.41, 5.74) is 5.82. The van der Waals surface area contributed by atoms with Crippen LogP contribution >= 0.6 is 12.4 Å². The average Bonchev–Trinajstić information content (AvgIpc) is 2.37. The summed E-state index contributed by atoms with van der Waals surface area (Å²) in [6, 6.07) is 6.72. The zero-order valence-corrected chi connectivity index (χ0v) is 11.7. The zero-order valence-electron chi connectivity index (χ0n) is 10.9. The number of anilines is 1. The first-order chi connectivity index (χ1) is 8.52. The normalized spacial score (nSPS) is 9.21. The molecule has 0 radical (unpaired) electrons. The Labute approximate surface area is 118 Å². The number of carbonyl (C=O) groups excluding carboxylic acids is 2. The number of nitrogens with one attached hydrogen (secondary N) is 1. The lowest BCUT2D eigenvalue weighted by atomic mass is 10.3. The first-order valence-corrected chi connectivity index (χ1v) is 5.46. The van der Waals surface area contributed by atoms with Crippen molar-refractivity contribution in [3.05, 3.63) is 24.3 Å². The molecule has 1 aromatic rings. The molecular formula is C12H18ClN3O3. The third kappa shape index (κ3) is 6.08. The van der Waals surface area contributed by atoms with E-state index in [-0.39, 0.29) is 37.4 Å². The van der Waals surface area contributed by atoms with Crippen LogP contribution in [0.5, 0.6) is 5.75 Å². The van der Waals surface area contributed by atoms with Crippen molar-refractivity contribution in [3.63, 3.8) is 0 Å². The molecule has 0 bridgehead atoms. The predicted octanol–water partition coefficient (Wildman–Crippen LogP) is 0.473. The van der Waals surface area contributed by atoms with Gasteiger partial charge in [0, 0.05) is 19.8 Å². The van der Waals surface area contributed by atoms with Gasteiger partial charge in [-0.05, 0) is 24.3 Å². The molecule has 0 aliphatic heterocycles. The van der Waals surface area contributed by atoms with Gasteiger partial charge in [-0.15, -0.1) is 12.4 Å². The Balaban J connectivity index is 0.00000324. The molecule has 0 aliphatic rings. The van der Waals surface area contributed by atoms with Gasteiger partial charge in [0.1, 0.15) is 5.75 Å². The van der Waals surface area contributed by atoms with Gasteiger partial charge in [-0.3, -0.25) is 9.59 Å². The van der Waals surface area contributed by atoms with Crippen LogP contribution in [0.25, 0.3) is 0 Å². The maximum atomic E-state index is 11.3. The van der Waals surface area contributed by atoms with Gasteiger partial charge in [-0.2, -0.15) is 0 Å². The number of likely N-dealkylation sites (N-methyl/N-ethyl adjacent to an activating group) is 1. The number of ether oxygens (including phenoxy) is 1. The third-order valence-corrected chi connectivity index (χ3v) is 2.18. The highest BCUT2D eigenvalue weighted by atomic mass is 35.5. The summed E-state index contributed by atoms with van der Waals surface area (Å²) >= 11 is 0. The lowest BCUT2D eigenvalue weighted by Crippen LogP contribution is -2.27. The molecule has 1 rings (SSSR count). The second-order valence-corrected chi connectivity index (χ2v) is 3.85. The van der Waals surface area contributed by atoms with E-state index in [4.69, 9.17) is 10.5 Å². The zero-order chi connectivity index (χ0) is 13.5. The van der Waals surface area contributed by atoms with Crippen molar-refractivity contribution < 1.29 is 14.3 Å². The summed E-state index contributed by atoms with van der Waals surface area (Å²) < 4.78 is 5.29. The smallest absolute Gasteiger partial charge is 0.259 e. The average molecular weight is 288 g/mol. The molecule has 0 unspecified atom stereocenters. The quantitative estimate of drug-likeness (QED) is 0.824. The number of hydrogen-bond donors (Lipinski definition) is 2. The fraction of sp³-hybridized carbons (Fsp3) is 0.333. The molecule has 0 fully saturated rings. The molecule has 0 aromatic heterocycles. The van der Waals surface area contributed by atoms with E-state index in [2.05, 4.69) is 5.32 Å². The van der Waals surface area contributed by atoms with Crippen molar-refractivity contribution in [2.45, 2.75) is 0 Å². The van der Waals surface area contributed by atoms with Crippen molar-refractivity contribution >= 4 is 29.9 Å². The number of hydrogen-bond acceptors (Lipinski definition) is 4. The van der Waals surface area contributed by atoms with Crippen LogP contribution in [0.4, 0.5) is 5.69 Å². The predicted molar refractivity (Wildman–Crippen MR) is 75.6 cm³/mol. The molecule has 0 spiro atoms. The number of benzene rings is 1. The van der Waals surface area contributed by atoms with Crippen molar-refractivity contribution in [2.24, 2.45) is 5.73 Å². The number of carbonyl (C=O) groups is 2. The SMILES string of the molecule is CN(C)C(=O)COc1ccc(NC(=O)CN)cc1.Cl. The minimum atomic E-state index is -0.258. The lowest BCUT2D eigenvalue weighted by molar-refractivity contribution is -0.130. The van der Waals surface area contributed by atoms with Gasteiger partial charge < -0.3 is 20.7 Å². The van der Waals surface area contributed by atoms with Gasteiger partial charge in [-0.25, -0.2) is 0 Å². The summed E-state index contributed by atoms with van der Waals surface area (Å²) in [6.45, 7) is -0.0723. The number of halogens is 1. The highest BCUT2D eigenvalue weighted by Gasteiger charge is 2.05. The van der Waals surface area contributed by atoms with Crippen LogP contribution in [0.1, 0.15) is 0 Å². The molecule has 0 saturated heterocycles. The third-order valence-electron chi connectivity index (χ3n) is 2.18. The Bertz CT molecular complexity index is 421. The highest BCUT2D eigenvalue weighted by molar-refractivity contribution is 5.92. The lowest BCUT2D eigenvalue weighted by Gasteiger charge is -2.11. The van der Waals surface area contributed by atoms with Gasteiger partial charge in [0.2, 0.25) is 5.91 Å². The fourth-order valence-electron chi connectivity index (χ4n) is 1.12. The van der Waals surface area contributed by atoms with Crippen LogP contribution in [-0.2, 0) is 9.59 Å². The number of rotatable bonds is 5. The van der Waals surface area contributed by atoms with E-state index in [1.807, 2.05) is 0 Å². The van der Waals surface area contributed by atoms with Gasteiger partial charge in [0.05, 0.1) is 6.54 Å². The topological polar surface area (TPSA) is 84.7 Å². The summed E-state index contributed by atoms with van der Waals surface area (Å²) in [5, 5.41) is 2.61. The molecule has 1 aromatic carbocycles. The minimum Gasteiger partial charge on any atom is -0.484 e. The maximum Gasteiger partial charge on any atom is 0.259 e. The summed E-state index contributed by atoms with van der Waals surface area (Å²) in [4.78, 5) is 23.8. The molecule has 0 aliphatic carbocycles. The van der Waals surface area contributed by atoms with E-state index >= 15 is 0 Å². The van der Waals surface area contributed by atoms with Gasteiger partial charge in [0.15, 0.2) is 6.61 Å². The second kappa shape index (κ2) is 8.34. The summed E-state index contributed by atoms with van der Waals surface area (Å²) in [5.74, 6) is 0.193. The van der Waals surface area contributed by atoms with Crippen LogP contribution in [0.2, 0.25) is 0 Å². The van der Waals surface area contributed by atoms with Gasteiger partial charge >= 0.3 is 0 Å². The second-order valence-electron chi connectivity index (χ2n) is 3.85. The maximum absolute atomic E-state index is 11.3. The molecule has 6 nitrogen and oxygen atoms in total. The Kier molecular flexibility index (Phi) is 7.55. The number of nitrogens with two attached hydrogens (primary N) is 1. The van der Waals surface area contributed by atoms with E-state index in [1.165, 1.54) is 4.90 Å². The van der Waals surface area contributed by atoms with E-state index in [1.54, 1.807) is 38.4 Å². The molecule has 19 heavy (non-hydrogen) atoms. The van der Waals surface area contributed by atoms with Crippen LogP contribution in [0.3, 0.4) is 0 Å². The van der Waals surface area contributed by atoms with Gasteiger partial charge in [0.25, 0.3) is 5.91 Å². The molecule has 0 atom stereocenters. The van der Waals surface area contributed by atoms with E-state index in [0.717, 1.165) is 0 Å². The van der Waals surface area contributed by atoms with Crippen LogP contribution in [0, 0.1) is 0 Å². The van der Waals surface area contributed by atoms with Crippen molar-refractivity contribution in [1.29, 1.82) is 0 Å². The monoisotopic (exact) mass is 287 g/mol. The Hall–Kier alpha value is -1.79. The van der Waals surface area contributed by atoms with Crippen molar-refractivity contribution in [1.82, 2.24) is 4.90 Å². The summed E-state index contributed by atoms with van der Waals surface area (Å²) in [6.07, 6.45) is 0. The highest BCUT2D eigenvalue weighted by Crippen LogP contribution is 2.15. The van der Waals surface area contributed by atoms with Crippen molar-refractivity contribution in [3.8, 4) is 5.75 Å². The van der Waals surface area contributed by atoms with E-state index in [0.29, 0.717) is 11.4 Å². The fourth-order valence-corrected chi connectivity index (χ4v) is 1.12. The van der Waals surface area contributed by atoms with Gasteiger partial charge in [-0.1, -0.05) is 0 Å². The van der Waals surface area contributed by atoms with E-state index < -0.39 is 0 Å². The summed E-state index contributed by atoms with van der Waals surface area (Å²) in [7, 11) is 3.33. The number of amides is 2. The first kappa shape index (κ1) is 17.2. The van der Waals surface area contributed by atoms with Crippen LogP contribution in [0.15, 0.2) is 24.3 Å². The number of nitrogens with zero attached hydrogens (tertiary/aromatic N) is 1. The van der Waals surface area contributed by atoms with Crippen LogP contribution in [-0.4, -0.2) is 44.0 Å². The standard InChI is InChI=1S/C12H17N3O3.ClH/c1-15(2)12(17)8-18-10-5-3-9(4-6-10)14-11(16)7-13;/h3-6H,7-8,13H2,1-2H3,(H,14,16);1H. The molecule has 2 amide bonds. The van der Waals surface area contributed by atoms with Crippen LogP contribution < -0.4 is 15.8 Å². The van der Waals surface area contributed by atoms with Crippen molar-refractivity contribution in [2.75, 3.05) is 32.6 Å². The molecular weight excluding hydrogens is 270 g/mol. The Morgan fingerprint density at radius 3 is 2.32 bits per heavy atom. The Morgan fingerprint density at radius 1 is 1.26 bits per heavy atom. The molecule has 0 saturated carbocycles. The molecule has 0 heterocycles. The minimum absolute atomic E-state index is 0.